The molecule has 1 heterocycles. The third-order valence-corrected chi connectivity index (χ3v) is 4.36. The molecule has 0 aliphatic heterocycles. The van der Waals surface area contributed by atoms with Crippen molar-refractivity contribution in [2.45, 2.75) is 4.34 Å². The van der Waals surface area contributed by atoms with Gasteiger partial charge in [-0.3, -0.25) is 10.1 Å². The highest BCUT2D eigenvalue weighted by Gasteiger charge is 2.09. The Bertz CT molecular complexity index is 646. The van der Waals surface area contributed by atoms with Crippen molar-refractivity contribution in [3.8, 4) is 11.5 Å². The Labute approximate surface area is 136 Å². The minimum atomic E-state index is -0.292. The second-order valence-electron chi connectivity index (χ2n) is 3.99. The van der Waals surface area contributed by atoms with Crippen molar-refractivity contribution in [2.24, 2.45) is 0 Å². The first-order valence-electron chi connectivity index (χ1n) is 6.35. The van der Waals surface area contributed by atoms with Crippen LogP contribution < -0.4 is 14.8 Å². The number of rotatable bonds is 8. The number of carbonyl (C=O) groups excluding carboxylic acids is 1. The summed E-state index contributed by atoms with van der Waals surface area (Å²) >= 11 is 2.83. The van der Waals surface area contributed by atoms with Crippen molar-refractivity contribution in [1.82, 2.24) is 10.2 Å². The Morgan fingerprint density at radius 3 is 3.05 bits per heavy atom. The Balaban J connectivity index is 1.82. The lowest BCUT2D eigenvalue weighted by Gasteiger charge is -2.06. The second kappa shape index (κ2) is 8.40. The first kappa shape index (κ1) is 16.3. The minimum absolute atomic E-state index is 0.109. The maximum absolute atomic E-state index is 11.8. The lowest BCUT2D eigenvalue weighted by Crippen LogP contribution is -2.20. The quantitative estimate of drug-likeness (QED) is 0.454. The van der Waals surface area contributed by atoms with Crippen LogP contribution in [0.4, 0.5) is 5.13 Å². The molecule has 0 aliphatic rings. The van der Waals surface area contributed by atoms with Gasteiger partial charge in [0.15, 0.2) is 10.9 Å². The van der Waals surface area contributed by atoms with Gasteiger partial charge >= 0.3 is 0 Å². The molecule has 1 aromatic heterocycles. The van der Waals surface area contributed by atoms with Gasteiger partial charge in [-0.05, 0) is 12.1 Å². The van der Waals surface area contributed by atoms with Crippen molar-refractivity contribution in [3.63, 3.8) is 0 Å². The molecule has 1 amide bonds. The second-order valence-corrected chi connectivity index (χ2v) is 6.23. The molecule has 0 spiro atoms. The molecule has 22 heavy (non-hydrogen) atoms. The number of carbonyl (C=O) groups is 1. The van der Waals surface area contributed by atoms with Crippen molar-refractivity contribution in [1.29, 1.82) is 0 Å². The highest BCUT2D eigenvalue weighted by Crippen LogP contribution is 2.25. The number of hydrogen-bond acceptors (Lipinski definition) is 7. The van der Waals surface area contributed by atoms with Gasteiger partial charge in [0.05, 0.1) is 7.11 Å². The van der Waals surface area contributed by atoms with Gasteiger partial charge in [-0.25, -0.2) is 0 Å². The predicted molar refractivity (Wildman–Crippen MR) is 87.9 cm³/mol. The van der Waals surface area contributed by atoms with Gasteiger partial charge in [0.25, 0.3) is 5.91 Å². The molecule has 0 unspecified atom stereocenters. The lowest BCUT2D eigenvalue weighted by molar-refractivity contribution is -0.118. The fourth-order valence-electron chi connectivity index (χ4n) is 1.44. The average molecular weight is 337 g/mol. The molecular formula is C14H15N3O3S2. The summed E-state index contributed by atoms with van der Waals surface area (Å²) in [6.45, 7) is 3.53. The Kier molecular flexibility index (Phi) is 6.23. The van der Waals surface area contributed by atoms with Crippen LogP contribution in [0, 0.1) is 0 Å². The Morgan fingerprint density at radius 1 is 1.45 bits per heavy atom. The largest absolute Gasteiger partial charge is 0.497 e. The molecule has 116 valence electrons. The summed E-state index contributed by atoms with van der Waals surface area (Å²) in [7, 11) is 1.57. The molecule has 0 saturated carbocycles. The molecule has 0 aliphatic carbocycles. The van der Waals surface area contributed by atoms with Crippen LogP contribution in [0.25, 0.3) is 0 Å². The van der Waals surface area contributed by atoms with E-state index in [2.05, 4.69) is 22.1 Å². The van der Waals surface area contributed by atoms with E-state index in [4.69, 9.17) is 9.47 Å². The standard InChI is InChI=1S/C14H15N3O3S2/c1-3-7-21-14-17-16-13(22-14)15-12(18)9-20-11-6-4-5-10(8-11)19-2/h3-6,8H,1,7,9H2,2H3,(H,15,16,18). The van der Waals surface area contributed by atoms with E-state index < -0.39 is 0 Å². The van der Waals surface area contributed by atoms with Crippen LogP contribution in [0.1, 0.15) is 0 Å². The first-order valence-corrected chi connectivity index (χ1v) is 8.15. The zero-order chi connectivity index (χ0) is 15.8. The van der Waals surface area contributed by atoms with Crippen LogP contribution in [-0.4, -0.2) is 35.6 Å². The van der Waals surface area contributed by atoms with E-state index in [1.807, 2.05) is 0 Å². The van der Waals surface area contributed by atoms with E-state index >= 15 is 0 Å². The van der Waals surface area contributed by atoms with Crippen molar-refractivity contribution in [2.75, 3.05) is 24.8 Å². The van der Waals surface area contributed by atoms with Gasteiger partial charge < -0.3 is 9.47 Å². The molecule has 2 aromatic rings. The third-order valence-electron chi connectivity index (χ3n) is 2.39. The summed E-state index contributed by atoms with van der Waals surface area (Å²) in [4.78, 5) is 11.8. The van der Waals surface area contributed by atoms with Crippen LogP contribution in [-0.2, 0) is 4.79 Å². The zero-order valence-electron chi connectivity index (χ0n) is 11.9. The number of thioether (sulfide) groups is 1. The maximum Gasteiger partial charge on any atom is 0.264 e. The number of aromatic nitrogens is 2. The number of anilines is 1. The molecule has 8 heteroatoms. The van der Waals surface area contributed by atoms with E-state index in [1.54, 1.807) is 37.5 Å². The number of hydrogen-bond donors (Lipinski definition) is 1. The number of amides is 1. The van der Waals surface area contributed by atoms with Gasteiger partial charge in [0.1, 0.15) is 11.5 Å². The fourth-order valence-corrected chi connectivity index (χ4v) is 2.97. The molecule has 1 aromatic carbocycles. The number of nitrogens with one attached hydrogen (secondary N) is 1. The maximum atomic E-state index is 11.8. The van der Waals surface area contributed by atoms with Crippen molar-refractivity contribution in [3.05, 3.63) is 36.9 Å². The van der Waals surface area contributed by atoms with Crippen molar-refractivity contribution >= 4 is 34.1 Å². The molecule has 0 bridgehead atoms. The van der Waals surface area contributed by atoms with E-state index in [1.165, 1.54) is 23.1 Å². The molecule has 2 rings (SSSR count). The third kappa shape index (κ3) is 5.05. The summed E-state index contributed by atoms with van der Waals surface area (Å²) in [6, 6.07) is 7.06. The number of methoxy groups -OCH3 is 1. The van der Waals surface area contributed by atoms with Gasteiger partial charge in [0, 0.05) is 11.8 Å². The van der Waals surface area contributed by atoms with Crippen molar-refractivity contribution < 1.29 is 14.3 Å². The van der Waals surface area contributed by atoms with E-state index in [0.717, 1.165) is 10.1 Å². The number of nitrogens with zero attached hydrogens (tertiary/aromatic N) is 2. The van der Waals surface area contributed by atoms with Gasteiger partial charge in [-0.15, -0.1) is 16.8 Å². The molecule has 0 radical (unpaired) electrons. The predicted octanol–water partition coefficient (Wildman–Crippen LogP) is 2.84. The molecule has 0 atom stereocenters. The Hall–Kier alpha value is -2.06. The summed E-state index contributed by atoms with van der Waals surface area (Å²) in [5.74, 6) is 1.70. The smallest absolute Gasteiger partial charge is 0.264 e. The van der Waals surface area contributed by atoms with Crippen LogP contribution in [0.2, 0.25) is 0 Å². The van der Waals surface area contributed by atoms with E-state index in [-0.39, 0.29) is 12.5 Å². The van der Waals surface area contributed by atoms with Crippen LogP contribution >= 0.6 is 23.1 Å². The van der Waals surface area contributed by atoms with Gasteiger partial charge in [-0.2, -0.15) is 0 Å². The fraction of sp³-hybridized carbons (Fsp3) is 0.214. The van der Waals surface area contributed by atoms with Crippen LogP contribution in [0.15, 0.2) is 41.3 Å². The van der Waals surface area contributed by atoms with E-state index in [0.29, 0.717) is 16.6 Å². The molecule has 1 N–H and O–H groups in total. The lowest BCUT2D eigenvalue weighted by atomic mass is 10.3. The zero-order valence-corrected chi connectivity index (χ0v) is 13.6. The normalized spacial score (nSPS) is 10.0. The molecule has 0 saturated heterocycles. The first-order chi connectivity index (χ1) is 10.7. The number of ether oxygens (including phenoxy) is 2. The monoisotopic (exact) mass is 337 g/mol. The SMILES string of the molecule is C=CCSc1nnc(NC(=O)COc2cccc(OC)c2)s1. The molecular weight excluding hydrogens is 322 g/mol. The molecule has 6 nitrogen and oxygen atoms in total. The topological polar surface area (TPSA) is 73.3 Å². The van der Waals surface area contributed by atoms with Crippen LogP contribution in [0.5, 0.6) is 11.5 Å². The summed E-state index contributed by atoms with van der Waals surface area (Å²) in [5.41, 5.74) is 0. The summed E-state index contributed by atoms with van der Waals surface area (Å²) in [5, 5.41) is 11.0. The van der Waals surface area contributed by atoms with Crippen LogP contribution in [0.3, 0.4) is 0 Å². The van der Waals surface area contributed by atoms with Gasteiger partial charge in [-0.1, -0.05) is 35.2 Å². The number of benzene rings is 1. The highest BCUT2D eigenvalue weighted by atomic mass is 32.2. The summed E-state index contributed by atoms with van der Waals surface area (Å²) in [6.07, 6.45) is 1.78. The van der Waals surface area contributed by atoms with Gasteiger partial charge in [0.2, 0.25) is 5.13 Å². The Morgan fingerprint density at radius 2 is 2.27 bits per heavy atom. The molecule has 0 fully saturated rings. The highest BCUT2D eigenvalue weighted by molar-refractivity contribution is 8.01. The van der Waals surface area contributed by atoms with E-state index in [9.17, 15) is 4.79 Å². The summed E-state index contributed by atoms with van der Waals surface area (Å²) < 4.78 is 11.3. The minimum Gasteiger partial charge on any atom is -0.497 e. The average Bonchev–Trinajstić information content (AvgIpc) is 2.98.